The van der Waals surface area contributed by atoms with Crippen molar-refractivity contribution in [3.05, 3.63) is 30.0 Å². The van der Waals surface area contributed by atoms with Gasteiger partial charge in [0.25, 0.3) is 0 Å². The fourth-order valence-corrected chi connectivity index (χ4v) is 1.74. The van der Waals surface area contributed by atoms with Crippen LogP contribution in [0, 0.1) is 5.41 Å². The van der Waals surface area contributed by atoms with Gasteiger partial charge < -0.3 is 10.4 Å². The molecule has 1 aromatic heterocycles. The summed E-state index contributed by atoms with van der Waals surface area (Å²) in [5.74, 6) is -1.07. The van der Waals surface area contributed by atoms with Gasteiger partial charge >= 0.3 is 5.97 Å². The van der Waals surface area contributed by atoms with E-state index >= 15 is 0 Å². The first-order chi connectivity index (χ1) is 8.88. The van der Waals surface area contributed by atoms with Crippen LogP contribution in [0.25, 0.3) is 10.9 Å². The third kappa shape index (κ3) is 2.99. The molecule has 0 radical (unpaired) electrons. The van der Waals surface area contributed by atoms with Gasteiger partial charge in [0, 0.05) is 11.9 Å². The van der Waals surface area contributed by atoms with Gasteiger partial charge in [-0.3, -0.25) is 0 Å². The highest BCUT2D eigenvalue weighted by atomic mass is 16.4. The fourth-order valence-electron chi connectivity index (χ4n) is 1.74. The van der Waals surface area contributed by atoms with Crippen molar-refractivity contribution in [3.8, 4) is 0 Å². The van der Waals surface area contributed by atoms with Gasteiger partial charge in [-0.25, -0.2) is 4.79 Å². The summed E-state index contributed by atoms with van der Waals surface area (Å²) in [6.45, 7) is 6.90. The van der Waals surface area contributed by atoms with E-state index in [-0.39, 0.29) is 11.1 Å². The Kier molecular flexibility index (Phi) is 3.38. The first-order valence-corrected chi connectivity index (χ1v) is 6.11. The number of hydrogen-bond donors (Lipinski definition) is 2. The summed E-state index contributed by atoms with van der Waals surface area (Å²) in [4.78, 5) is 11.2. The molecule has 0 atom stereocenters. The summed E-state index contributed by atoms with van der Waals surface area (Å²) in [6.07, 6.45) is 0. The lowest BCUT2D eigenvalue weighted by atomic mass is 9.96. The number of hydrogen-bond acceptors (Lipinski definition) is 4. The van der Waals surface area contributed by atoms with Crippen LogP contribution < -0.4 is 5.32 Å². The highest BCUT2D eigenvalue weighted by Crippen LogP contribution is 2.25. The summed E-state index contributed by atoms with van der Waals surface area (Å²) < 4.78 is 0. The molecule has 19 heavy (non-hydrogen) atoms. The van der Waals surface area contributed by atoms with Crippen LogP contribution in [0.4, 0.5) is 5.69 Å². The van der Waals surface area contributed by atoms with Crippen molar-refractivity contribution < 1.29 is 9.90 Å². The smallest absolute Gasteiger partial charge is 0.358 e. The maximum atomic E-state index is 11.2. The number of aromatic carboxylic acids is 1. The molecule has 0 bridgehead atoms. The topological polar surface area (TPSA) is 75.1 Å². The third-order valence-electron chi connectivity index (χ3n) is 2.67. The Bertz CT molecular complexity index is 618. The maximum Gasteiger partial charge on any atom is 0.358 e. The Balaban J connectivity index is 2.53. The van der Waals surface area contributed by atoms with E-state index in [1.54, 1.807) is 0 Å². The number of carbonyl (C=O) groups is 1. The van der Waals surface area contributed by atoms with Crippen LogP contribution in [-0.2, 0) is 0 Å². The zero-order valence-corrected chi connectivity index (χ0v) is 11.3. The lowest BCUT2D eigenvalue weighted by Gasteiger charge is -2.20. The second-order valence-corrected chi connectivity index (χ2v) is 5.66. The molecule has 0 fully saturated rings. The van der Waals surface area contributed by atoms with Gasteiger partial charge in [-0.1, -0.05) is 39.0 Å². The number of carboxylic acid groups (broad SMARTS) is 1. The van der Waals surface area contributed by atoms with E-state index in [9.17, 15) is 9.90 Å². The summed E-state index contributed by atoms with van der Waals surface area (Å²) in [5.41, 5.74) is 1.22. The number of benzene rings is 1. The number of rotatable bonds is 3. The minimum atomic E-state index is -1.07. The number of carboxylic acids is 1. The van der Waals surface area contributed by atoms with Crippen molar-refractivity contribution in [1.29, 1.82) is 0 Å². The summed E-state index contributed by atoms with van der Waals surface area (Å²) >= 11 is 0. The van der Waals surface area contributed by atoms with Gasteiger partial charge in [-0.15, -0.1) is 10.2 Å². The van der Waals surface area contributed by atoms with E-state index in [0.29, 0.717) is 17.7 Å². The summed E-state index contributed by atoms with van der Waals surface area (Å²) in [5, 5.41) is 20.9. The molecular weight excluding hydrogens is 242 g/mol. The number of nitrogens with one attached hydrogen (secondary N) is 1. The second kappa shape index (κ2) is 4.84. The van der Waals surface area contributed by atoms with Crippen LogP contribution in [0.3, 0.4) is 0 Å². The second-order valence-electron chi connectivity index (χ2n) is 5.66. The number of nitrogens with zero attached hydrogens (tertiary/aromatic N) is 2. The quantitative estimate of drug-likeness (QED) is 0.886. The number of anilines is 1. The first-order valence-electron chi connectivity index (χ1n) is 6.11. The molecule has 0 saturated carbocycles. The van der Waals surface area contributed by atoms with Crippen LogP contribution in [-0.4, -0.2) is 27.8 Å². The highest BCUT2D eigenvalue weighted by Gasteiger charge is 2.18. The predicted molar refractivity (Wildman–Crippen MR) is 74.4 cm³/mol. The molecule has 0 aliphatic heterocycles. The molecule has 5 heteroatoms. The zero-order valence-electron chi connectivity index (χ0n) is 11.3. The van der Waals surface area contributed by atoms with E-state index < -0.39 is 5.97 Å². The normalized spacial score (nSPS) is 11.5. The maximum absolute atomic E-state index is 11.2. The molecule has 0 spiro atoms. The zero-order chi connectivity index (χ0) is 14.0. The Morgan fingerprint density at radius 2 is 1.95 bits per heavy atom. The largest absolute Gasteiger partial charge is 0.476 e. The number of fused-ring (bicyclic) bond motifs is 1. The van der Waals surface area contributed by atoms with E-state index in [1.165, 1.54) is 0 Å². The molecule has 0 saturated heterocycles. The lowest BCUT2D eigenvalue weighted by Crippen LogP contribution is -2.21. The van der Waals surface area contributed by atoms with Crippen LogP contribution in [0.2, 0.25) is 0 Å². The van der Waals surface area contributed by atoms with E-state index in [0.717, 1.165) is 5.39 Å². The highest BCUT2D eigenvalue weighted by molar-refractivity contribution is 6.02. The Morgan fingerprint density at radius 1 is 1.26 bits per heavy atom. The standard InChI is InChI=1S/C14H17N3O2/c1-14(2,3)8-15-11-9-6-4-5-7-10(9)16-17-12(11)13(18)19/h4-7H,8H2,1-3H3,(H,15,16)(H,18,19). The van der Waals surface area contributed by atoms with Crippen LogP contribution in [0.5, 0.6) is 0 Å². The molecule has 0 unspecified atom stereocenters. The molecule has 0 aliphatic rings. The molecular formula is C14H17N3O2. The first kappa shape index (κ1) is 13.3. The van der Waals surface area contributed by atoms with Crippen LogP contribution in [0.1, 0.15) is 31.3 Å². The molecule has 0 aliphatic carbocycles. The Hall–Kier alpha value is -2.17. The van der Waals surface area contributed by atoms with E-state index in [1.807, 2.05) is 24.3 Å². The van der Waals surface area contributed by atoms with Gasteiger partial charge in [-0.2, -0.15) is 0 Å². The van der Waals surface area contributed by atoms with Crippen LogP contribution in [0.15, 0.2) is 24.3 Å². The molecule has 0 amide bonds. The molecule has 1 aromatic carbocycles. The monoisotopic (exact) mass is 259 g/mol. The van der Waals surface area contributed by atoms with Crippen molar-refractivity contribution >= 4 is 22.6 Å². The molecule has 2 rings (SSSR count). The molecule has 100 valence electrons. The SMILES string of the molecule is CC(C)(C)CNc1c(C(=O)O)nnc2ccccc12. The minimum Gasteiger partial charge on any atom is -0.476 e. The van der Waals surface area contributed by atoms with Gasteiger partial charge in [0.2, 0.25) is 0 Å². The van der Waals surface area contributed by atoms with Crippen molar-refractivity contribution in [2.45, 2.75) is 20.8 Å². The van der Waals surface area contributed by atoms with Gasteiger partial charge in [0.15, 0.2) is 5.69 Å². The van der Waals surface area contributed by atoms with Crippen molar-refractivity contribution in [1.82, 2.24) is 10.2 Å². The predicted octanol–water partition coefficient (Wildman–Crippen LogP) is 2.79. The van der Waals surface area contributed by atoms with Crippen molar-refractivity contribution in [3.63, 3.8) is 0 Å². The fraction of sp³-hybridized carbons (Fsp3) is 0.357. The molecule has 2 N–H and O–H groups in total. The Morgan fingerprint density at radius 3 is 2.58 bits per heavy atom. The van der Waals surface area contributed by atoms with Gasteiger partial charge in [0.05, 0.1) is 11.2 Å². The van der Waals surface area contributed by atoms with Gasteiger partial charge in [0.1, 0.15) is 0 Å². The molecule has 1 heterocycles. The summed E-state index contributed by atoms with van der Waals surface area (Å²) in [7, 11) is 0. The van der Waals surface area contributed by atoms with Crippen LogP contribution >= 0.6 is 0 Å². The third-order valence-corrected chi connectivity index (χ3v) is 2.67. The lowest BCUT2D eigenvalue weighted by molar-refractivity contribution is 0.0690. The molecule has 2 aromatic rings. The average molecular weight is 259 g/mol. The van der Waals surface area contributed by atoms with E-state index in [2.05, 4.69) is 36.3 Å². The van der Waals surface area contributed by atoms with E-state index in [4.69, 9.17) is 0 Å². The van der Waals surface area contributed by atoms with Crippen molar-refractivity contribution in [2.75, 3.05) is 11.9 Å². The Labute approximate surface area is 111 Å². The average Bonchev–Trinajstić information content (AvgIpc) is 2.34. The van der Waals surface area contributed by atoms with Crippen molar-refractivity contribution in [2.24, 2.45) is 5.41 Å². The molecule has 5 nitrogen and oxygen atoms in total. The minimum absolute atomic E-state index is 0.0389. The van der Waals surface area contributed by atoms with Gasteiger partial charge in [-0.05, 0) is 11.5 Å². The summed E-state index contributed by atoms with van der Waals surface area (Å²) in [6, 6.07) is 7.38. The number of aromatic nitrogens is 2.